The zero-order chi connectivity index (χ0) is 16.2. The van der Waals surface area contributed by atoms with Gasteiger partial charge in [0, 0.05) is 19.2 Å². The first-order valence-electron chi connectivity index (χ1n) is 7.83. The second-order valence-electron chi connectivity index (χ2n) is 5.75. The largest absolute Gasteiger partial charge is 0.346 e. The van der Waals surface area contributed by atoms with E-state index in [-0.39, 0.29) is 5.91 Å². The highest BCUT2D eigenvalue weighted by Crippen LogP contribution is 2.25. The molecule has 0 aliphatic carbocycles. The van der Waals surface area contributed by atoms with Crippen molar-refractivity contribution < 1.29 is 4.79 Å². The van der Waals surface area contributed by atoms with Gasteiger partial charge in [0.2, 0.25) is 0 Å². The Morgan fingerprint density at radius 2 is 2.30 bits per heavy atom. The number of imidazole rings is 1. The summed E-state index contributed by atoms with van der Waals surface area (Å²) in [6.45, 7) is 2.45. The van der Waals surface area contributed by atoms with E-state index in [0.717, 1.165) is 41.5 Å². The van der Waals surface area contributed by atoms with E-state index in [1.807, 2.05) is 42.3 Å². The third-order valence-electron chi connectivity index (χ3n) is 4.36. The Hall–Kier alpha value is -1.79. The number of aromatic nitrogens is 2. The lowest BCUT2D eigenvalue weighted by atomic mass is 9.93. The van der Waals surface area contributed by atoms with Crippen LogP contribution in [0.2, 0.25) is 0 Å². The fourth-order valence-electron chi connectivity index (χ4n) is 3.03. The molecule has 1 aliphatic rings. The molecule has 2 N–H and O–H groups in total. The fraction of sp³-hybridized carbons (Fsp3) is 0.412. The molecule has 3 rings (SSSR count). The maximum atomic E-state index is 12.6. The highest BCUT2D eigenvalue weighted by Gasteiger charge is 2.22. The molecule has 122 valence electrons. The monoisotopic (exact) mass is 330 g/mol. The van der Waals surface area contributed by atoms with Crippen molar-refractivity contribution in [3.05, 3.63) is 47.3 Å². The number of nitrogens with zero attached hydrogens (tertiary/aromatic N) is 2. The molecule has 0 saturated carbocycles. The number of hydrogen-bond donors (Lipinski definition) is 2. The number of benzene rings is 1. The summed E-state index contributed by atoms with van der Waals surface area (Å²) in [4.78, 5) is 16.9. The molecule has 23 heavy (non-hydrogen) atoms. The molecule has 1 aliphatic heterocycles. The number of nitrogens with one attached hydrogen (secondary N) is 2. The van der Waals surface area contributed by atoms with Gasteiger partial charge < -0.3 is 15.2 Å². The third-order valence-corrected chi connectivity index (χ3v) is 5.10. The van der Waals surface area contributed by atoms with Crippen molar-refractivity contribution in [2.75, 3.05) is 19.3 Å². The van der Waals surface area contributed by atoms with Crippen molar-refractivity contribution in [2.24, 2.45) is 7.05 Å². The molecule has 1 aromatic heterocycles. The quantitative estimate of drug-likeness (QED) is 0.825. The van der Waals surface area contributed by atoms with Crippen LogP contribution in [0.15, 0.2) is 35.6 Å². The maximum Gasteiger partial charge on any atom is 0.251 e. The first-order valence-corrected chi connectivity index (χ1v) is 9.05. The number of hydrogen-bond acceptors (Lipinski definition) is 4. The van der Waals surface area contributed by atoms with Crippen LogP contribution in [0.4, 0.5) is 0 Å². The highest BCUT2D eigenvalue weighted by atomic mass is 32.2. The van der Waals surface area contributed by atoms with Gasteiger partial charge >= 0.3 is 0 Å². The standard InChI is InChI=1S/C17H22N4OS/c1-21-13(11-20-17(21)23-2)10-19-16(22)15-6-4-3-5-14(15)12-7-8-18-9-12/h3-6,11-12,18H,7-10H2,1-2H3,(H,19,22)/t12-/m0/s1. The summed E-state index contributed by atoms with van der Waals surface area (Å²) in [7, 11) is 1.97. The summed E-state index contributed by atoms with van der Waals surface area (Å²) in [6, 6.07) is 7.93. The van der Waals surface area contributed by atoms with Crippen molar-refractivity contribution in [2.45, 2.75) is 24.0 Å². The lowest BCUT2D eigenvalue weighted by Crippen LogP contribution is -2.25. The molecule has 1 saturated heterocycles. The summed E-state index contributed by atoms with van der Waals surface area (Å²) < 4.78 is 2.01. The summed E-state index contributed by atoms with van der Waals surface area (Å²) >= 11 is 1.60. The van der Waals surface area contributed by atoms with Crippen molar-refractivity contribution in [3.8, 4) is 0 Å². The predicted octanol–water partition coefficient (Wildman–Crippen LogP) is 2.15. The van der Waals surface area contributed by atoms with Crippen molar-refractivity contribution >= 4 is 17.7 Å². The second-order valence-corrected chi connectivity index (χ2v) is 6.53. The van der Waals surface area contributed by atoms with Crippen LogP contribution in [-0.2, 0) is 13.6 Å². The van der Waals surface area contributed by atoms with Gasteiger partial charge in [-0.05, 0) is 36.8 Å². The molecular formula is C17H22N4OS. The summed E-state index contributed by atoms with van der Waals surface area (Å²) in [5.41, 5.74) is 2.93. The number of thioether (sulfide) groups is 1. The zero-order valence-corrected chi connectivity index (χ0v) is 14.3. The van der Waals surface area contributed by atoms with Gasteiger partial charge in [0.25, 0.3) is 5.91 Å². The van der Waals surface area contributed by atoms with Crippen LogP contribution in [0.1, 0.15) is 34.0 Å². The van der Waals surface area contributed by atoms with Gasteiger partial charge in [0.1, 0.15) is 0 Å². The predicted molar refractivity (Wildman–Crippen MR) is 92.8 cm³/mol. The molecule has 1 atom stereocenters. The topological polar surface area (TPSA) is 59.0 Å². The van der Waals surface area contributed by atoms with Crippen LogP contribution in [0.25, 0.3) is 0 Å². The summed E-state index contributed by atoms with van der Waals surface area (Å²) in [5.74, 6) is 0.413. The molecule has 1 aromatic carbocycles. The molecule has 1 amide bonds. The lowest BCUT2D eigenvalue weighted by Gasteiger charge is -2.14. The normalized spacial score (nSPS) is 17.4. The first kappa shape index (κ1) is 16.1. The second kappa shape index (κ2) is 7.19. The highest BCUT2D eigenvalue weighted by molar-refractivity contribution is 7.98. The number of carbonyl (C=O) groups is 1. The van der Waals surface area contributed by atoms with Gasteiger partial charge in [-0.2, -0.15) is 0 Å². The van der Waals surface area contributed by atoms with Crippen LogP contribution in [0.3, 0.4) is 0 Å². The summed E-state index contributed by atoms with van der Waals surface area (Å²) in [5, 5.41) is 7.34. The minimum absolute atomic E-state index is 0.0144. The minimum atomic E-state index is -0.0144. The summed E-state index contributed by atoms with van der Waals surface area (Å²) in [6.07, 6.45) is 4.90. The lowest BCUT2D eigenvalue weighted by molar-refractivity contribution is 0.0948. The van der Waals surface area contributed by atoms with Crippen LogP contribution in [-0.4, -0.2) is 34.8 Å². The average Bonchev–Trinajstić information content (AvgIpc) is 3.22. The molecule has 0 bridgehead atoms. The van der Waals surface area contributed by atoms with Gasteiger partial charge in [-0.25, -0.2) is 4.98 Å². The SMILES string of the molecule is CSc1ncc(CNC(=O)c2ccccc2[C@H]2CCNC2)n1C. The van der Waals surface area contributed by atoms with E-state index in [4.69, 9.17) is 0 Å². The first-order chi connectivity index (χ1) is 11.2. The van der Waals surface area contributed by atoms with E-state index in [0.29, 0.717) is 12.5 Å². The van der Waals surface area contributed by atoms with E-state index in [1.54, 1.807) is 11.8 Å². The van der Waals surface area contributed by atoms with Crippen molar-refractivity contribution in [1.29, 1.82) is 0 Å². The molecule has 5 nitrogen and oxygen atoms in total. The Kier molecular flexibility index (Phi) is 5.03. The molecule has 1 fully saturated rings. The molecule has 2 heterocycles. The van der Waals surface area contributed by atoms with E-state index in [9.17, 15) is 4.79 Å². The van der Waals surface area contributed by atoms with Gasteiger partial charge in [0.15, 0.2) is 5.16 Å². The fourth-order valence-corrected chi connectivity index (χ4v) is 3.57. The van der Waals surface area contributed by atoms with Crippen LogP contribution >= 0.6 is 11.8 Å². The van der Waals surface area contributed by atoms with Crippen LogP contribution in [0, 0.1) is 0 Å². The molecular weight excluding hydrogens is 308 g/mol. The Morgan fingerprint density at radius 1 is 1.48 bits per heavy atom. The van der Waals surface area contributed by atoms with Gasteiger partial charge in [-0.1, -0.05) is 30.0 Å². The van der Waals surface area contributed by atoms with E-state index < -0.39 is 0 Å². The van der Waals surface area contributed by atoms with Gasteiger partial charge in [-0.15, -0.1) is 0 Å². The average molecular weight is 330 g/mol. The minimum Gasteiger partial charge on any atom is -0.346 e. The number of amides is 1. The van der Waals surface area contributed by atoms with Crippen molar-refractivity contribution in [3.63, 3.8) is 0 Å². The Labute approximate surface area is 140 Å². The van der Waals surface area contributed by atoms with E-state index in [2.05, 4.69) is 21.7 Å². The Balaban J connectivity index is 1.72. The van der Waals surface area contributed by atoms with Crippen LogP contribution in [0.5, 0.6) is 0 Å². The van der Waals surface area contributed by atoms with E-state index in [1.165, 1.54) is 0 Å². The molecule has 6 heteroatoms. The molecule has 0 spiro atoms. The molecule has 0 radical (unpaired) electrons. The van der Waals surface area contributed by atoms with Crippen LogP contribution < -0.4 is 10.6 Å². The van der Waals surface area contributed by atoms with Gasteiger partial charge in [0.05, 0.1) is 18.4 Å². The Bertz CT molecular complexity index is 692. The van der Waals surface area contributed by atoms with E-state index >= 15 is 0 Å². The molecule has 2 aromatic rings. The van der Waals surface area contributed by atoms with Gasteiger partial charge in [-0.3, -0.25) is 4.79 Å². The number of rotatable bonds is 5. The zero-order valence-electron chi connectivity index (χ0n) is 13.5. The third kappa shape index (κ3) is 3.43. The number of carbonyl (C=O) groups excluding carboxylic acids is 1. The maximum absolute atomic E-state index is 12.6. The van der Waals surface area contributed by atoms with Crippen molar-refractivity contribution in [1.82, 2.24) is 20.2 Å². The smallest absolute Gasteiger partial charge is 0.251 e. The molecule has 0 unspecified atom stereocenters. The Morgan fingerprint density at radius 3 is 3.00 bits per heavy atom.